The van der Waals surface area contributed by atoms with E-state index in [0.29, 0.717) is 64.3 Å². The summed E-state index contributed by atoms with van der Waals surface area (Å²) in [6.07, 6.45) is -1.52. The van der Waals surface area contributed by atoms with E-state index in [0.717, 1.165) is 83.7 Å². The molecule has 3 rings (SSSR count). The first-order chi connectivity index (χ1) is 46.7. The molecule has 16 N–H and O–H groups in total. The molecule has 0 bridgehead atoms. The smallest absolute Gasteiger partial charge is 0.325 e. The Labute approximate surface area is 575 Å². The van der Waals surface area contributed by atoms with Crippen molar-refractivity contribution < 1.29 is 127 Å². The molecule has 0 saturated carbocycles. The summed E-state index contributed by atoms with van der Waals surface area (Å²) in [5.74, 6) is -2.58. The van der Waals surface area contributed by atoms with Crippen LogP contribution in [0.3, 0.4) is 0 Å². The lowest BCUT2D eigenvalue weighted by atomic mass is 9.97. The number of nitrogens with one attached hydrogen (secondary N) is 5. The van der Waals surface area contributed by atoms with Crippen LogP contribution in [0.25, 0.3) is 0 Å². The van der Waals surface area contributed by atoms with E-state index in [2.05, 4.69) is 26.6 Å². The van der Waals surface area contributed by atoms with Gasteiger partial charge in [0, 0.05) is 106 Å². The first-order valence-electron chi connectivity index (χ1n) is 35.0. The average Bonchev–Trinajstić information content (AvgIpc) is 0.824. The van der Waals surface area contributed by atoms with Gasteiger partial charge >= 0.3 is 7.60 Å². The monoisotopic (exact) mass is 1430 g/mol. The number of nitrogens with zero attached hydrogens (tertiary/aromatic N) is 2. The minimum atomic E-state index is -4.05. The van der Waals surface area contributed by atoms with Crippen molar-refractivity contribution in [1.82, 2.24) is 36.4 Å². The predicted molar refractivity (Wildman–Crippen MR) is 352 cm³/mol. The molecular weight excluding hydrogens is 1310 g/mol. The number of unbranched alkanes of at least 4 members (excludes halogenated alkanes) is 15. The van der Waals surface area contributed by atoms with Gasteiger partial charge in [0.15, 0.2) is 25.0 Å². The molecule has 0 radical (unpaired) electrons. The van der Waals surface area contributed by atoms with Gasteiger partial charge in [0.05, 0.1) is 26.4 Å². The fourth-order valence-corrected chi connectivity index (χ4v) is 12.1. The van der Waals surface area contributed by atoms with Crippen LogP contribution in [0.4, 0.5) is 0 Å². The average molecular weight is 1430 g/mol. The highest BCUT2D eigenvalue weighted by molar-refractivity contribution is 7.51. The summed E-state index contributed by atoms with van der Waals surface area (Å²) in [5.41, 5.74) is 0. The van der Waals surface area contributed by atoms with Crippen molar-refractivity contribution in [3.05, 3.63) is 0 Å². The second-order valence-corrected chi connectivity index (χ2v) is 27.5. The largest absolute Gasteiger partial charge is 0.394 e. The minimum absolute atomic E-state index is 0.0734. The molecular formula is C64H118N7O26P. The Kier molecular flexibility index (Phi) is 44.4. The summed E-state index contributed by atoms with van der Waals surface area (Å²) >= 11 is 0. The standard InChI is InChI=1S/C64H118N7O26P/c1-42(75)67-52-58(85)55(82)46(38-72)95-62(52)91-35-20-14-8-5-11-17-26-49(79)65-29-23-31-70(51(81)28-19-13-7-10-16-22-37-93-64-54(69-44(3)77)60(87)57(84)48(40-74)97-64)33-25-34-71(61(88)45(78)41-94-98(4,89)90)32-24-30-66-50(80)27-18-12-6-9-15-21-36-92-63-53(68-43(2)76)59(86)56(83)47(39-73)96-63/h45-48,52-60,62-64,72-74,78,82-87H,5-41H2,1-4H3,(H,65,79)(H,66,80)(H,67,75)(H,68,76)(H,69,77)(H,89,90)/t45?,46?,47?,48?,52?,53?,54?,55-,56-,57-,58+,59+,60+,62+,63+,64+/m0/s1. The maximum absolute atomic E-state index is 13.9. The number of hydrogen-bond donors (Lipinski definition) is 16. The molecule has 7 amide bonds. The van der Waals surface area contributed by atoms with Crippen LogP contribution in [-0.2, 0) is 71.1 Å². The Hall–Kier alpha value is -4.20. The van der Waals surface area contributed by atoms with Crippen LogP contribution in [0.2, 0.25) is 0 Å². The topological polar surface area (TPSA) is 490 Å². The van der Waals surface area contributed by atoms with Gasteiger partial charge in [-0.15, -0.1) is 0 Å². The highest BCUT2D eigenvalue weighted by Crippen LogP contribution is 2.36. The number of carbonyl (C=O) groups excluding carboxylic acids is 7. The Balaban J connectivity index is 1.48. The van der Waals surface area contributed by atoms with Gasteiger partial charge < -0.3 is 125 Å². The van der Waals surface area contributed by atoms with E-state index in [1.54, 1.807) is 4.90 Å². The summed E-state index contributed by atoms with van der Waals surface area (Å²) in [4.78, 5) is 101. The third kappa shape index (κ3) is 34.6. The van der Waals surface area contributed by atoms with Crippen molar-refractivity contribution in [2.75, 3.05) is 92.2 Å². The van der Waals surface area contributed by atoms with Gasteiger partial charge in [-0.05, 0) is 57.8 Å². The van der Waals surface area contributed by atoms with E-state index >= 15 is 0 Å². The van der Waals surface area contributed by atoms with Crippen molar-refractivity contribution >= 4 is 48.9 Å². The third-order valence-electron chi connectivity index (χ3n) is 17.1. The molecule has 0 aromatic rings. The third-order valence-corrected chi connectivity index (χ3v) is 17.7. The highest BCUT2D eigenvalue weighted by Gasteiger charge is 2.48. The van der Waals surface area contributed by atoms with Gasteiger partial charge in [-0.25, -0.2) is 0 Å². The van der Waals surface area contributed by atoms with Gasteiger partial charge in [0.1, 0.15) is 73.1 Å². The van der Waals surface area contributed by atoms with Crippen LogP contribution in [-0.4, -0.2) is 297 Å². The fourth-order valence-electron chi connectivity index (χ4n) is 11.7. The zero-order chi connectivity index (χ0) is 72.6. The molecule has 0 aromatic carbocycles. The number of rotatable bonds is 52. The summed E-state index contributed by atoms with van der Waals surface area (Å²) in [6, 6.07) is -3.08. The molecule has 3 saturated heterocycles. The fraction of sp³-hybridized carbons (Fsp3) is 0.891. The van der Waals surface area contributed by atoms with Crippen LogP contribution < -0.4 is 26.6 Å². The van der Waals surface area contributed by atoms with Crippen LogP contribution in [0.1, 0.15) is 175 Å². The molecule has 17 atom stereocenters. The van der Waals surface area contributed by atoms with Gasteiger partial charge in [0.25, 0.3) is 5.91 Å². The van der Waals surface area contributed by atoms with Gasteiger partial charge in [-0.3, -0.25) is 38.1 Å². The van der Waals surface area contributed by atoms with Crippen molar-refractivity contribution in [1.29, 1.82) is 0 Å². The number of amides is 7. The Morgan fingerprint density at radius 3 is 1.08 bits per heavy atom. The zero-order valence-corrected chi connectivity index (χ0v) is 58.7. The maximum atomic E-state index is 13.9. The summed E-state index contributed by atoms with van der Waals surface area (Å²) in [5, 5.41) is 115. The lowest BCUT2D eigenvalue weighted by Crippen LogP contribution is -2.64. The van der Waals surface area contributed by atoms with Crippen molar-refractivity contribution in [2.45, 2.75) is 273 Å². The van der Waals surface area contributed by atoms with Crippen molar-refractivity contribution in [3.8, 4) is 0 Å². The van der Waals surface area contributed by atoms with Crippen LogP contribution in [0.15, 0.2) is 0 Å². The zero-order valence-electron chi connectivity index (χ0n) is 57.8. The second-order valence-electron chi connectivity index (χ2n) is 25.6. The van der Waals surface area contributed by atoms with Crippen molar-refractivity contribution in [3.63, 3.8) is 0 Å². The molecule has 33 nitrogen and oxygen atoms in total. The van der Waals surface area contributed by atoms with Gasteiger partial charge in [0.2, 0.25) is 35.4 Å². The van der Waals surface area contributed by atoms with E-state index in [-0.39, 0.29) is 89.5 Å². The first kappa shape index (κ1) is 88.0. The van der Waals surface area contributed by atoms with Crippen molar-refractivity contribution in [2.24, 2.45) is 0 Å². The Bertz CT molecular complexity index is 2340. The molecule has 34 heteroatoms. The SMILES string of the molecule is CC(=O)NC1[C@H](OCCCCCCCCC(=O)NCCCN(CCCN(CCCNC(=O)CCCCCCCCO[C@@H]2OC(CO)[C@H](O)[C@H](O)C2NC(C)=O)C(=O)C(O)COP(C)(=O)O)C(=O)CCCCCCCCO[C@@H]2OC(CO)[C@H](O)[C@H](O)C2NC(C)=O)OC(CO)[C@H](O)[C@@H]1O. The molecule has 3 heterocycles. The number of aliphatic hydroxyl groups excluding tert-OH is 10. The highest BCUT2D eigenvalue weighted by atomic mass is 31.2. The molecule has 0 spiro atoms. The maximum Gasteiger partial charge on any atom is 0.325 e. The predicted octanol–water partition coefficient (Wildman–Crippen LogP) is -1.69. The number of aliphatic hydroxyl groups is 10. The van der Waals surface area contributed by atoms with E-state index in [1.165, 1.54) is 25.7 Å². The first-order valence-corrected chi connectivity index (χ1v) is 37.0. The lowest BCUT2D eigenvalue weighted by molar-refractivity contribution is -0.270. The normalized spacial score (nSPS) is 26.5. The molecule has 3 aliphatic heterocycles. The number of ether oxygens (including phenoxy) is 6. The second kappa shape index (κ2) is 49.4. The molecule has 3 aliphatic rings. The molecule has 3 fully saturated rings. The lowest BCUT2D eigenvalue weighted by Gasteiger charge is -2.42. The van der Waals surface area contributed by atoms with E-state index in [1.807, 2.05) is 0 Å². The van der Waals surface area contributed by atoms with Crippen LogP contribution in [0.5, 0.6) is 0 Å². The van der Waals surface area contributed by atoms with E-state index in [9.17, 15) is 94.1 Å². The minimum Gasteiger partial charge on any atom is -0.394 e. The molecule has 0 aliphatic carbocycles. The van der Waals surface area contributed by atoms with Gasteiger partial charge in [-0.1, -0.05) is 77.0 Å². The number of hydrogen-bond acceptors (Lipinski definition) is 25. The quantitative estimate of drug-likeness (QED) is 0.0239. The van der Waals surface area contributed by atoms with E-state index in [4.69, 9.17) is 32.9 Å². The molecule has 98 heavy (non-hydrogen) atoms. The molecule has 570 valence electrons. The van der Waals surface area contributed by atoms with Crippen LogP contribution in [0, 0.1) is 0 Å². The molecule has 8 unspecified atom stereocenters. The summed E-state index contributed by atoms with van der Waals surface area (Å²) in [7, 11) is -4.05. The Morgan fingerprint density at radius 2 is 0.745 bits per heavy atom. The summed E-state index contributed by atoms with van der Waals surface area (Å²) < 4.78 is 51.0. The Morgan fingerprint density at radius 1 is 0.439 bits per heavy atom. The molecule has 0 aromatic heterocycles. The van der Waals surface area contributed by atoms with E-state index < -0.39 is 156 Å². The summed E-state index contributed by atoms with van der Waals surface area (Å²) in [6.45, 7) is 4.17. The number of carbonyl (C=O) groups is 7. The van der Waals surface area contributed by atoms with Crippen LogP contribution >= 0.6 is 7.60 Å². The van der Waals surface area contributed by atoms with Gasteiger partial charge in [-0.2, -0.15) is 0 Å².